The molecule has 8 aliphatic rings. The fourth-order valence-corrected chi connectivity index (χ4v) is 20.2. The van der Waals surface area contributed by atoms with Gasteiger partial charge in [0, 0.05) is 25.7 Å². The highest BCUT2D eigenvalue weighted by atomic mass is 16.5. The number of hydrogen-bond donors (Lipinski definition) is 0. The predicted molar refractivity (Wildman–Crippen MR) is 320 cm³/mol. The number of carbonyl (C=O) groups is 2. The molecule has 6 fully saturated rings. The van der Waals surface area contributed by atoms with Crippen molar-refractivity contribution >= 4 is 11.9 Å². The Hall–Kier alpha value is -2.76. The smallest absolute Gasteiger partial charge is 0.306 e. The average molecular weight is 1080 g/mol. The number of esters is 2. The molecule has 6 nitrogen and oxygen atoms in total. The summed E-state index contributed by atoms with van der Waals surface area (Å²) in [5.74, 6) is 11.3. The lowest BCUT2D eigenvalue weighted by Gasteiger charge is -2.58. The molecule has 1 aromatic rings. The Morgan fingerprint density at radius 1 is 0.538 bits per heavy atom. The minimum absolute atomic E-state index is 0.0191. The van der Waals surface area contributed by atoms with Crippen LogP contribution in [-0.4, -0.2) is 36.9 Å². The fourth-order valence-electron chi connectivity index (χ4n) is 20.2. The minimum Gasteiger partial charge on any atom is -0.490 e. The van der Waals surface area contributed by atoms with Gasteiger partial charge in [-0.05, 0) is 227 Å². The lowest BCUT2D eigenvalue weighted by atomic mass is 9.47. The zero-order valence-corrected chi connectivity index (χ0v) is 51.8. The van der Waals surface area contributed by atoms with Gasteiger partial charge in [0.05, 0.1) is 12.7 Å². The highest BCUT2D eigenvalue weighted by molar-refractivity contribution is 5.70. The zero-order chi connectivity index (χ0) is 55.4. The summed E-state index contributed by atoms with van der Waals surface area (Å²) >= 11 is 0. The standard InChI is InChI=1S/C72H114O6/c1-12-54(29-36-68(74)78-56-38-42-70(9)53(47-56)28-31-58-62-35-33-60(51(7)23-19-21-49(4)5)72(62,11)44-40-64(58)70)76-66-25-16-15-24-65(66)75-45-17-13-14-26-67(73)77-55-37-41-69(8)52(46-55)27-30-57-61-34-32-59(50(6)22-18-20-48(2)3)71(61,10)43-39-63(57)69/h15-16,24-25,27-28,48-51,54-64H,12-14,17-23,26,29-47H2,1-11H3/t50-,51-,54?,55+,56+,57+,58+,59-,60-,61+,62+,63+,64+,69+,70+,71-,72-/m1/s1. The van der Waals surface area contributed by atoms with Gasteiger partial charge in [0.2, 0.25) is 0 Å². The van der Waals surface area contributed by atoms with Crippen LogP contribution in [0.1, 0.15) is 262 Å². The van der Waals surface area contributed by atoms with Crippen LogP contribution in [-0.2, 0) is 19.1 Å². The number of ether oxygens (including phenoxy) is 4. The largest absolute Gasteiger partial charge is 0.490 e. The molecule has 0 saturated heterocycles. The van der Waals surface area contributed by atoms with E-state index in [0.29, 0.717) is 36.7 Å². The first-order valence-electron chi connectivity index (χ1n) is 33.5. The van der Waals surface area contributed by atoms with Crippen LogP contribution in [0.5, 0.6) is 11.5 Å². The Labute approximate surface area is 477 Å². The van der Waals surface area contributed by atoms with Crippen molar-refractivity contribution in [1.29, 1.82) is 0 Å². The van der Waals surface area contributed by atoms with Gasteiger partial charge in [0.25, 0.3) is 0 Å². The van der Waals surface area contributed by atoms with Crippen molar-refractivity contribution < 1.29 is 28.5 Å². The Bertz CT molecular complexity index is 2210. The molecule has 1 aromatic carbocycles. The average Bonchev–Trinajstić information content (AvgIpc) is 4.13. The van der Waals surface area contributed by atoms with E-state index < -0.39 is 0 Å². The molecule has 438 valence electrons. The molecule has 0 radical (unpaired) electrons. The van der Waals surface area contributed by atoms with Gasteiger partial charge in [0.1, 0.15) is 12.2 Å². The number of allylic oxidation sites excluding steroid dienone is 2. The highest BCUT2D eigenvalue weighted by Gasteiger charge is 2.61. The van der Waals surface area contributed by atoms with Gasteiger partial charge in [-0.2, -0.15) is 0 Å². The second-order valence-corrected chi connectivity index (χ2v) is 30.1. The number of hydrogen-bond acceptors (Lipinski definition) is 6. The van der Waals surface area contributed by atoms with E-state index in [2.05, 4.69) is 88.3 Å². The molecule has 0 heterocycles. The summed E-state index contributed by atoms with van der Waals surface area (Å²) in [5, 5.41) is 0. The Balaban J connectivity index is 0.662. The third kappa shape index (κ3) is 12.9. The first-order chi connectivity index (χ1) is 37.4. The number of benzene rings is 1. The van der Waals surface area contributed by atoms with Crippen molar-refractivity contribution in [1.82, 2.24) is 0 Å². The second-order valence-electron chi connectivity index (χ2n) is 30.1. The Morgan fingerprint density at radius 2 is 1.04 bits per heavy atom. The van der Waals surface area contributed by atoms with Crippen LogP contribution in [0, 0.1) is 92.7 Å². The number of fused-ring (bicyclic) bond motifs is 10. The normalized spacial score (nSPS) is 37.1. The molecule has 17 atom stereocenters. The summed E-state index contributed by atoms with van der Waals surface area (Å²) in [5.41, 5.74) is 4.71. The van der Waals surface area contributed by atoms with Gasteiger partial charge >= 0.3 is 11.9 Å². The first kappa shape index (κ1) is 59.8. The molecule has 0 bridgehead atoms. The molecule has 0 aromatic heterocycles. The fraction of sp³-hybridized carbons (Fsp3) is 0.833. The molecule has 6 saturated carbocycles. The predicted octanol–water partition coefficient (Wildman–Crippen LogP) is 19.5. The molecular formula is C72H114O6. The van der Waals surface area contributed by atoms with E-state index in [9.17, 15) is 9.59 Å². The number of rotatable bonds is 25. The minimum atomic E-state index is -0.109. The van der Waals surface area contributed by atoms with Crippen molar-refractivity contribution in [2.75, 3.05) is 6.61 Å². The molecule has 6 heteroatoms. The van der Waals surface area contributed by atoms with Gasteiger partial charge in [-0.3, -0.25) is 9.59 Å². The van der Waals surface area contributed by atoms with Crippen molar-refractivity contribution in [2.45, 2.75) is 281 Å². The molecule has 0 N–H and O–H groups in total. The van der Waals surface area contributed by atoms with E-state index in [-0.39, 0.29) is 41.1 Å². The Kier molecular flexibility index (Phi) is 19.8. The van der Waals surface area contributed by atoms with Crippen molar-refractivity contribution in [3.8, 4) is 11.5 Å². The lowest BCUT2D eigenvalue weighted by Crippen LogP contribution is -2.51. The summed E-state index contributed by atoms with van der Waals surface area (Å²) in [6.45, 7) is 27.9. The third-order valence-electron chi connectivity index (χ3n) is 24.7. The summed E-state index contributed by atoms with van der Waals surface area (Å²) in [7, 11) is 0. The summed E-state index contributed by atoms with van der Waals surface area (Å²) < 4.78 is 25.3. The SMILES string of the molecule is CCC(CCC(=O)O[C@H]1CC[C@@]2(C)C(=CC[C@H]3[C@@H]4CC[C@H]([C@H](C)CCCC(C)C)[C@@]4(C)CC[C@@H]32)C1)Oc1ccccc1OCCCCCC(=O)O[C@H]1CC[C@@]2(C)C(=CC[C@H]3[C@@H]4CC[C@H]([C@H](C)CCCC(C)C)[C@@]4(C)CC[C@@H]32)C1. The van der Waals surface area contributed by atoms with Gasteiger partial charge in [-0.25, -0.2) is 0 Å². The van der Waals surface area contributed by atoms with Gasteiger partial charge in [0.15, 0.2) is 11.5 Å². The molecule has 8 aliphatic carbocycles. The van der Waals surface area contributed by atoms with Crippen LogP contribution in [0.3, 0.4) is 0 Å². The van der Waals surface area contributed by atoms with E-state index in [1.54, 1.807) is 11.1 Å². The molecule has 78 heavy (non-hydrogen) atoms. The molecule has 0 amide bonds. The molecular weight excluding hydrogens is 961 g/mol. The van der Waals surface area contributed by atoms with Crippen LogP contribution in [0.2, 0.25) is 0 Å². The van der Waals surface area contributed by atoms with E-state index in [1.165, 1.54) is 103 Å². The van der Waals surface area contributed by atoms with E-state index in [4.69, 9.17) is 18.9 Å². The van der Waals surface area contributed by atoms with Crippen LogP contribution in [0.4, 0.5) is 0 Å². The van der Waals surface area contributed by atoms with Crippen molar-refractivity contribution in [2.24, 2.45) is 92.7 Å². The first-order valence-corrected chi connectivity index (χ1v) is 33.5. The molecule has 1 unspecified atom stereocenters. The van der Waals surface area contributed by atoms with Crippen molar-refractivity contribution in [3.05, 3.63) is 47.6 Å². The van der Waals surface area contributed by atoms with Crippen LogP contribution >= 0.6 is 0 Å². The summed E-state index contributed by atoms with van der Waals surface area (Å²) in [6, 6.07) is 7.93. The highest BCUT2D eigenvalue weighted by Crippen LogP contribution is 2.69. The van der Waals surface area contributed by atoms with Gasteiger partial charge in [-0.1, -0.05) is 150 Å². The maximum absolute atomic E-state index is 13.5. The van der Waals surface area contributed by atoms with E-state index in [1.807, 2.05) is 24.3 Å². The van der Waals surface area contributed by atoms with Crippen LogP contribution in [0.25, 0.3) is 0 Å². The van der Waals surface area contributed by atoms with E-state index >= 15 is 0 Å². The maximum atomic E-state index is 13.5. The Morgan fingerprint density at radius 3 is 1.54 bits per heavy atom. The number of unbranched alkanes of at least 4 members (excludes halogenated alkanes) is 2. The van der Waals surface area contributed by atoms with Gasteiger partial charge in [-0.15, -0.1) is 0 Å². The molecule has 0 spiro atoms. The third-order valence-corrected chi connectivity index (χ3v) is 24.7. The molecule has 9 rings (SSSR count). The molecule has 0 aliphatic heterocycles. The maximum Gasteiger partial charge on any atom is 0.306 e. The number of carbonyl (C=O) groups excluding carboxylic acids is 2. The summed E-state index contributed by atoms with van der Waals surface area (Å²) in [4.78, 5) is 26.7. The zero-order valence-electron chi connectivity index (χ0n) is 51.8. The monoisotopic (exact) mass is 1070 g/mol. The summed E-state index contributed by atoms with van der Waals surface area (Å²) in [6.07, 6.45) is 38.1. The van der Waals surface area contributed by atoms with Crippen LogP contribution in [0.15, 0.2) is 47.6 Å². The quantitative estimate of drug-likeness (QED) is 0.0552. The lowest BCUT2D eigenvalue weighted by molar-refractivity contribution is -0.152. The van der Waals surface area contributed by atoms with E-state index in [0.717, 1.165) is 147 Å². The second kappa shape index (κ2) is 25.8. The van der Waals surface area contributed by atoms with Crippen molar-refractivity contribution in [3.63, 3.8) is 0 Å². The van der Waals surface area contributed by atoms with Gasteiger partial charge < -0.3 is 18.9 Å². The topological polar surface area (TPSA) is 71.1 Å². The number of para-hydroxylation sites is 2. The van der Waals surface area contributed by atoms with Crippen LogP contribution < -0.4 is 9.47 Å².